The van der Waals surface area contributed by atoms with E-state index in [0.29, 0.717) is 24.2 Å². The van der Waals surface area contributed by atoms with E-state index in [1.807, 2.05) is 6.92 Å². The predicted octanol–water partition coefficient (Wildman–Crippen LogP) is 1.25. The van der Waals surface area contributed by atoms with E-state index in [9.17, 15) is 9.59 Å². The number of nitrogens with zero attached hydrogens (tertiary/aromatic N) is 2. The van der Waals surface area contributed by atoms with Crippen molar-refractivity contribution in [2.45, 2.75) is 19.8 Å². The summed E-state index contributed by atoms with van der Waals surface area (Å²) in [7, 11) is 0. The largest absolute Gasteiger partial charge is 0.357 e. The zero-order valence-electron chi connectivity index (χ0n) is 13.3. The van der Waals surface area contributed by atoms with Gasteiger partial charge in [-0.05, 0) is 37.8 Å². The number of amides is 2. The summed E-state index contributed by atoms with van der Waals surface area (Å²) < 4.78 is 0. The Balaban J connectivity index is 1.55. The molecule has 1 heterocycles. The molecular weight excluding hydrogens is 292 g/mol. The number of benzene rings is 1. The van der Waals surface area contributed by atoms with Crippen LogP contribution in [0.4, 0.5) is 0 Å². The van der Waals surface area contributed by atoms with Crippen LogP contribution in [-0.4, -0.2) is 48.9 Å². The van der Waals surface area contributed by atoms with Crippen molar-refractivity contribution in [2.75, 3.05) is 26.2 Å². The van der Waals surface area contributed by atoms with Gasteiger partial charge in [0.05, 0.1) is 11.1 Å². The monoisotopic (exact) mass is 314 g/mol. The molecule has 2 N–H and O–H groups in total. The summed E-state index contributed by atoms with van der Waals surface area (Å²) >= 11 is 0. The highest BCUT2D eigenvalue weighted by atomic mass is 16.2. The zero-order valence-corrected chi connectivity index (χ0v) is 13.3. The summed E-state index contributed by atoms with van der Waals surface area (Å²) in [6, 6.07) is 6.95. The summed E-state index contributed by atoms with van der Waals surface area (Å²) in [5.74, 6) is 1.04. The second kappa shape index (κ2) is 6.81. The lowest BCUT2D eigenvalue weighted by atomic mass is 10.1. The molecule has 1 aromatic carbocycles. The standard InChI is InChI=1S/C17H22N4O2/c1-2-18-17(20-11-12-7-8-12)19-9-10-21-15(22)13-5-3-4-6-14(13)16(21)23/h3-6,12H,2,7-11H2,1H3,(H2,18,19,20). The predicted molar refractivity (Wildman–Crippen MR) is 88.5 cm³/mol. The minimum atomic E-state index is -0.215. The molecule has 1 fully saturated rings. The van der Waals surface area contributed by atoms with Gasteiger partial charge in [0.1, 0.15) is 0 Å². The van der Waals surface area contributed by atoms with Crippen LogP contribution in [0.25, 0.3) is 0 Å². The normalized spacial score (nSPS) is 17.4. The molecule has 1 aliphatic carbocycles. The zero-order chi connectivity index (χ0) is 16.2. The number of aliphatic imine (C=N–C) groups is 1. The Kier molecular flexibility index (Phi) is 4.60. The number of carbonyl (C=O) groups excluding carboxylic acids is 2. The fourth-order valence-corrected chi connectivity index (χ4v) is 2.59. The van der Waals surface area contributed by atoms with Crippen LogP contribution in [0.15, 0.2) is 29.3 Å². The average Bonchev–Trinajstić information content (AvgIpc) is 3.36. The van der Waals surface area contributed by atoms with Gasteiger partial charge < -0.3 is 10.6 Å². The van der Waals surface area contributed by atoms with Crippen LogP contribution < -0.4 is 10.6 Å². The SMILES string of the molecule is CCNC(=NCC1CC1)NCCN1C(=O)c2ccccc2C1=O. The second-order valence-corrected chi connectivity index (χ2v) is 5.90. The second-order valence-electron chi connectivity index (χ2n) is 5.90. The molecule has 1 aromatic rings. The van der Waals surface area contributed by atoms with Crippen LogP contribution >= 0.6 is 0 Å². The molecule has 23 heavy (non-hydrogen) atoms. The number of carbonyl (C=O) groups is 2. The van der Waals surface area contributed by atoms with E-state index in [1.54, 1.807) is 24.3 Å². The number of hydrogen-bond donors (Lipinski definition) is 2. The highest BCUT2D eigenvalue weighted by molar-refractivity contribution is 6.21. The highest BCUT2D eigenvalue weighted by Crippen LogP contribution is 2.28. The van der Waals surface area contributed by atoms with Crippen LogP contribution in [0.1, 0.15) is 40.5 Å². The summed E-state index contributed by atoms with van der Waals surface area (Å²) in [5, 5.41) is 6.37. The lowest BCUT2D eigenvalue weighted by Crippen LogP contribution is -2.43. The molecule has 0 atom stereocenters. The van der Waals surface area contributed by atoms with E-state index in [-0.39, 0.29) is 11.8 Å². The molecular formula is C17H22N4O2. The quantitative estimate of drug-likeness (QED) is 0.471. The third-order valence-electron chi connectivity index (χ3n) is 4.05. The first-order chi connectivity index (χ1) is 11.2. The van der Waals surface area contributed by atoms with E-state index in [2.05, 4.69) is 15.6 Å². The Bertz CT molecular complexity index is 602. The van der Waals surface area contributed by atoms with Crippen molar-refractivity contribution in [1.82, 2.24) is 15.5 Å². The molecule has 6 nitrogen and oxygen atoms in total. The third kappa shape index (κ3) is 3.52. The van der Waals surface area contributed by atoms with E-state index < -0.39 is 0 Å². The summed E-state index contributed by atoms with van der Waals surface area (Å²) in [5.41, 5.74) is 0.985. The van der Waals surface area contributed by atoms with E-state index in [4.69, 9.17) is 0 Å². The molecule has 0 spiro atoms. The van der Waals surface area contributed by atoms with E-state index in [1.165, 1.54) is 17.7 Å². The van der Waals surface area contributed by atoms with Gasteiger partial charge in [0.25, 0.3) is 11.8 Å². The van der Waals surface area contributed by atoms with Crippen LogP contribution in [0.3, 0.4) is 0 Å². The lowest BCUT2D eigenvalue weighted by molar-refractivity contribution is 0.0657. The molecule has 0 radical (unpaired) electrons. The average molecular weight is 314 g/mol. The van der Waals surface area contributed by atoms with Crippen LogP contribution in [0.2, 0.25) is 0 Å². The first-order valence-electron chi connectivity index (χ1n) is 8.18. The number of fused-ring (bicyclic) bond motifs is 1. The Labute approximate surface area is 136 Å². The van der Waals surface area contributed by atoms with Gasteiger partial charge in [-0.25, -0.2) is 0 Å². The number of imide groups is 1. The maximum absolute atomic E-state index is 12.3. The summed E-state index contributed by atoms with van der Waals surface area (Å²) in [6.07, 6.45) is 2.52. The van der Waals surface area contributed by atoms with Crippen molar-refractivity contribution in [3.63, 3.8) is 0 Å². The van der Waals surface area contributed by atoms with Crippen molar-refractivity contribution in [2.24, 2.45) is 10.9 Å². The van der Waals surface area contributed by atoms with Gasteiger partial charge in [-0.15, -0.1) is 0 Å². The molecule has 2 amide bonds. The van der Waals surface area contributed by atoms with Gasteiger partial charge in [0, 0.05) is 26.2 Å². The Morgan fingerprint density at radius 2 is 1.83 bits per heavy atom. The fourth-order valence-electron chi connectivity index (χ4n) is 2.59. The molecule has 6 heteroatoms. The Hall–Kier alpha value is -2.37. The Morgan fingerprint density at radius 1 is 1.17 bits per heavy atom. The first-order valence-corrected chi connectivity index (χ1v) is 8.18. The van der Waals surface area contributed by atoms with Crippen molar-refractivity contribution < 1.29 is 9.59 Å². The van der Waals surface area contributed by atoms with Crippen LogP contribution in [-0.2, 0) is 0 Å². The molecule has 3 rings (SSSR count). The van der Waals surface area contributed by atoms with Gasteiger partial charge in [-0.3, -0.25) is 19.5 Å². The van der Waals surface area contributed by atoms with Gasteiger partial charge in [-0.1, -0.05) is 12.1 Å². The maximum Gasteiger partial charge on any atom is 0.261 e. The van der Waals surface area contributed by atoms with Crippen molar-refractivity contribution in [1.29, 1.82) is 0 Å². The smallest absolute Gasteiger partial charge is 0.261 e. The highest BCUT2D eigenvalue weighted by Gasteiger charge is 2.34. The molecule has 0 aromatic heterocycles. The minimum Gasteiger partial charge on any atom is -0.357 e. The van der Waals surface area contributed by atoms with Gasteiger partial charge in [0.15, 0.2) is 5.96 Å². The molecule has 1 aliphatic heterocycles. The topological polar surface area (TPSA) is 73.8 Å². The minimum absolute atomic E-state index is 0.215. The molecule has 1 saturated carbocycles. The molecule has 0 unspecified atom stereocenters. The molecule has 122 valence electrons. The van der Waals surface area contributed by atoms with Crippen LogP contribution in [0.5, 0.6) is 0 Å². The van der Waals surface area contributed by atoms with Gasteiger partial charge >= 0.3 is 0 Å². The van der Waals surface area contributed by atoms with Crippen molar-refractivity contribution in [3.05, 3.63) is 35.4 Å². The number of guanidine groups is 1. The maximum atomic E-state index is 12.3. The Morgan fingerprint density at radius 3 is 2.39 bits per heavy atom. The van der Waals surface area contributed by atoms with Gasteiger partial charge in [-0.2, -0.15) is 0 Å². The lowest BCUT2D eigenvalue weighted by Gasteiger charge is -2.16. The van der Waals surface area contributed by atoms with Gasteiger partial charge in [0.2, 0.25) is 0 Å². The van der Waals surface area contributed by atoms with Crippen molar-refractivity contribution >= 4 is 17.8 Å². The number of hydrogen-bond acceptors (Lipinski definition) is 3. The number of nitrogens with one attached hydrogen (secondary N) is 2. The summed E-state index contributed by atoms with van der Waals surface area (Å²) in [4.78, 5) is 30.3. The fraction of sp³-hybridized carbons (Fsp3) is 0.471. The first kappa shape index (κ1) is 15.5. The number of rotatable bonds is 6. The molecule has 2 aliphatic rings. The third-order valence-corrected chi connectivity index (χ3v) is 4.05. The summed E-state index contributed by atoms with van der Waals surface area (Å²) in [6.45, 7) is 4.45. The van der Waals surface area contributed by atoms with E-state index in [0.717, 1.165) is 25.0 Å². The van der Waals surface area contributed by atoms with Crippen LogP contribution in [0, 0.1) is 5.92 Å². The molecule has 0 bridgehead atoms. The van der Waals surface area contributed by atoms with E-state index >= 15 is 0 Å². The van der Waals surface area contributed by atoms with Crippen molar-refractivity contribution in [3.8, 4) is 0 Å². The molecule has 0 saturated heterocycles.